The van der Waals surface area contributed by atoms with Gasteiger partial charge in [0.15, 0.2) is 9.93 Å². The molecule has 0 radical (unpaired) electrons. The van der Waals surface area contributed by atoms with E-state index in [1.807, 2.05) is 55.5 Å². The zero-order valence-corrected chi connectivity index (χ0v) is 17.0. The maximum absolute atomic E-state index is 6.95. The largest absolute Gasteiger partial charge is 0.494 e. The molecule has 3 unspecified atom stereocenters. The zero-order chi connectivity index (χ0) is 19.4. The van der Waals surface area contributed by atoms with Gasteiger partial charge in [-0.05, 0) is 36.2 Å². The van der Waals surface area contributed by atoms with Crippen molar-refractivity contribution in [3.63, 3.8) is 0 Å². The van der Waals surface area contributed by atoms with Crippen molar-refractivity contribution in [2.24, 2.45) is 5.92 Å². The molecule has 0 saturated heterocycles. The summed E-state index contributed by atoms with van der Waals surface area (Å²) in [5.41, 5.74) is 2.52. The van der Waals surface area contributed by atoms with Crippen LogP contribution < -0.4 is 9.47 Å². The van der Waals surface area contributed by atoms with Gasteiger partial charge in [0.2, 0.25) is 0 Å². The molecule has 28 heavy (non-hydrogen) atoms. The first-order valence-corrected chi connectivity index (χ1v) is 10.3. The van der Waals surface area contributed by atoms with Crippen molar-refractivity contribution in [1.82, 2.24) is 0 Å². The summed E-state index contributed by atoms with van der Waals surface area (Å²) in [6.07, 6.45) is 0. The molecule has 1 aliphatic carbocycles. The van der Waals surface area contributed by atoms with Crippen molar-refractivity contribution < 1.29 is 9.47 Å². The highest BCUT2D eigenvalue weighted by Gasteiger charge is 2.83. The fraction of sp³-hybridized carbons (Fsp3) is 0.250. The normalized spacial score (nSPS) is 26.5. The Morgan fingerprint density at radius 2 is 1.57 bits per heavy atom. The lowest BCUT2D eigenvalue weighted by molar-refractivity contribution is 0.137. The highest BCUT2D eigenvalue weighted by molar-refractivity contribution is 6.52. The molecule has 1 heterocycles. The predicted octanol–water partition coefficient (Wildman–Crippen LogP) is 6.31. The topological polar surface area (TPSA) is 18.5 Å². The number of rotatable bonds is 4. The number of fused-ring (bicyclic) bond motifs is 2. The van der Waals surface area contributed by atoms with Crippen molar-refractivity contribution in [3.05, 3.63) is 95.6 Å². The lowest BCUT2D eigenvalue weighted by Gasteiger charge is -2.31. The van der Waals surface area contributed by atoms with Crippen molar-refractivity contribution in [1.29, 1.82) is 0 Å². The quantitative estimate of drug-likeness (QED) is 0.469. The number of hydrogen-bond acceptors (Lipinski definition) is 2. The maximum atomic E-state index is 6.95. The van der Waals surface area contributed by atoms with Gasteiger partial charge in [-0.25, -0.2) is 0 Å². The highest BCUT2D eigenvalue weighted by Crippen LogP contribution is 2.77. The molecule has 2 nitrogen and oxygen atoms in total. The van der Waals surface area contributed by atoms with Crippen molar-refractivity contribution in [2.75, 3.05) is 6.61 Å². The Bertz CT molecular complexity index is 1000. The highest BCUT2D eigenvalue weighted by atomic mass is 35.5. The van der Waals surface area contributed by atoms with E-state index in [9.17, 15) is 0 Å². The van der Waals surface area contributed by atoms with E-state index in [0.717, 1.165) is 22.6 Å². The summed E-state index contributed by atoms with van der Waals surface area (Å²) in [6, 6.07) is 26.5. The van der Waals surface area contributed by atoms with Crippen LogP contribution in [0.1, 0.15) is 29.5 Å². The Balaban J connectivity index is 1.66. The summed E-state index contributed by atoms with van der Waals surface area (Å²) in [7, 11) is 0. The summed E-state index contributed by atoms with van der Waals surface area (Å²) in [5.74, 6) is 1.64. The van der Waals surface area contributed by atoms with E-state index in [1.54, 1.807) is 0 Å². The number of benzene rings is 3. The van der Waals surface area contributed by atoms with Crippen LogP contribution in [-0.4, -0.2) is 10.9 Å². The van der Waals surface area contributed by atoms with E-state index >= 15 is 0 Å². The molecule has 0 amide bonds. The Labute approximate surface area is 175 Å². The van der Waals surface area contributed by atoms with Crippen LogP contribution in [0, 0.1) is 5.92 Å². The van der Waals surface area contributed by atoms with Gasteiger partial charge < -0.3 is 9.47 Å². The molecule has 5 rings (SSSR count). The molecule has 1 saturated carbocycles. The van der Waals surface area contributed by atoms with Gasteiger partial charge in [0, 0.05) is 11.5 Å². The smallest absolute Gasteiger partial charge is 0.174 e. The SMILES string of the molecule is CCOc1ccc(C23Oc4ccccc4C(c4ccccc4)C2C3(Cl)Cl)cc1. The van der Waals surface area contributed by atoms with Gasteiger partial charge in [0.1, 0.15) is 11.5 Å². The van der Waals surface area contributed by atoms with Crippen LogP contribution in [0.3, 0.4) is 0 Å². The second-order valence-electron chi connectivity index (χ2n) is 7.32. The third kappa shape index (κ3) is 2.41. The number of alkyl halides is 2. The average Bonchev–Trinajstić information content (AvgIpc) is 3.23. The van der Waals surface area contributed by atoms with Crippen molar-refractivity contribution in [3.8, 4) is 11.5 Å². The first-order valence-electron chi connectivity index (χ1n) is 9.53. The Kier molecular flexibility index (Phi) is 4.12. The van der Waals surface area contributed by atoms with E-state index in [0.29, 0.717) is 6.61 Å². The van der Waals surface area contributed by atoms with Crippen LogP contribution >= 0.6 is 23.2 Å². The Morgan fingerprint density at radius 3 is 2.29 bits per heavy atom. The van der Waals surface area contributed by atoms with Gasteiger partial charge in [0.05, 0.1) is 12.5 Å². The third-order valence-corrected chi connectivity index (χ3v) is 6.88. The van der Waals surface area contributed by atoms with Gasteiger partial charge in [-0.2, -0.15) is 0 Å². The van der Waals surface area contributed by atoms with Crippen LogP contribution in [-0.2, 0) is 5.60 Å². The molecule has 0 bridgehead atoms. The summed E-state index contributed by atoms with van der Waals surface area (Å²) in [6.45, 7) is 2.60. The molecule has 1 aliphatic heterocycles. The standard InChI is InChI=1S/C24H20Cl2O2/c1-2-27-18-14-12-17(13-15-18)23-22(24(23,25)26)21(16-8-4-3-5-9-16)19-10-6-7-11-20(19)28-23/h3-15,21-22H,2H2,1H3. The summed E-state index contributed by atoms with van der Waals surface area (Å²) < 4.78 is 11.1. The van der Waals surface area contributed by atoms with Crippen LogP contribution in [0.2, 0.25) is 0 Å². The molecular formula is C24H20Cl2O2. The first-order chi connectivity index (χ1) is 13.6. The second kappa shape index (κ2) is 6.43. The average molecular weight is 411 g/mol. The van der Waals surface area contributed by atoms with Gasteiger partial charge >= 0.3 is 0 Å². The molecule has 3 aromatic rings. The molecular weight excluding hydrogens is 391 g/mol. The molecule has 4 heteroatoms. The predicted molar refractivity (Wildman–Crippen MR) is 113 cm³/mol. The minimum Gasteiger partial charge on any atom is -0.494 e. The van der Waals surface area contributed by atoms with Crippen LogP contribution in [0.15, 0.2) is 78.9 Å². The molecule has 0 aromatic heterocycles. The number of hydrogen-bond donors (Lipinski definition) is 0. The van der Waals surface area contributed by atoms with E-state index < -0.39 is 9.93 Å². The molecule has 3 atom stereocenters. The minimum atomic E-state index is -1.03. The van der Waals surface area contributed by atoms with Gasteiger partial charge in [-0.15, -0.1) is 0 Å². The van der Waals surface area contributed by atoms with Crippen molar-refractivity contribution in [2.45, 2.75) is 22.8 Å². The third-order valence-electron chi connectivity index (χ3n) is 5.85. The number of ether oxygens (including phenoxy) is 2. The Morgan fingerprint density at radius 1 is 0.893 bits per heavy atom. The molecule has 142 valence electrons. The zero-order valence-electron chi connectivity index (χ0n) is 15.4. The summed E-state index contributed by atoms with van der Waals surface area (Å²) in [4.78, 5) is 0. The Hall–Kier alpha value is -2.16. The van der Waals surface area contributed by atoms with E-state index in [4.69, 9.17) is 32.7 Å². The van der Waals surface area contributed by atoms with Crippen LogP contribution in [0.5, 0.6) is 11.5 Å². The molecule has 0 spiro atoms. The number of halogens is 2. The summed E-state index contributed by atoms with van der Waals surface area (Å²) >= 11 is 13.9. The maximum Gasteiger partial charge on any atom is 0.174 e. The first kappa shape index (κ1) is 17.9. The second-order valence-corrected chi connectivity index (χ2v) is 8.71. The van der Waals surface area contributed by atoms with E-state index in [2.05, 4.69) is 30.3 Å². The molecule has 0 N–H and O–H groups in total. The minimum absolute atomic E-state index is 0.0627. The molecule has 2 aliphatic rings. The monoisotopic (exact) mass is 410 g/mol. The number of para-hydroxylation sites is 1. The lowest BCUT2D eigenvalue weighted by Crippen LogP contribution is -2.28. The van der Waals surface area contributed by atoms with Crippen LogP contribution in [0.25, 0.3) is 0 Å². The van der Waals surface area contributed by atoms with Crippen LogP contribution in [0.4, 0.5) is 0 Å². The van der Waals surface area contributed by atoms with Gasteiger partial charge in [-0.1, -0.05) is 83.9 Å². The van der Waals surface area contributed by atoms with Gasteiger partial charge in [0.25, 0.3) is 0 Å². The van der Waals surface area contributed by atoms with E-state index in [1.165, 1.54) is 5.56 Å². The lowest BCUT2D eigenvalue weighted by atomic mass is 9.82. The van der Waals surface area contributed by atoms with E-state index in [-0.39, 0.29) is 11.8 Å². The van der Waals surface area contributed by atoms with Crippen molar-refractivity contribution >= 4 is 23.2 Å². The fourth-order valence-corrected chi connectivity index (χ4v) is 5.57. The molecule has 1 fully saturated rings. The van der Waals surface area contributed by atoms with Gasteiger partial charge in [-0.3, -0.25) is 0 Å². The fourth-order valence-electron chi connectivity index (χ4n) is 4.59. The summed E-state index contributed by atoms with van der Waals surface area (Å²) in [5, 5.41) is 0. The molecule has 3 aromatic carbocycles.